The molecule has 0 amide bonds. The molecule has 2 rings (SSSR count). The van der Waals surface area contributed by atoms with Gasteiger partial charge in [-0.15, -0.1) is 0 Å². The highest BCUT2D eigenvalue weighted by atomic mass is 79.9. The Hall–Kier alpha value is -0.680. The quantitative estimate of drug-likeness (QED) is 0.898. The molecule has 1 saturated heterocycles. The van der Waals surface area contributed by atoms with E-state index in [9.17, 15) is 8.78 Å². The highest BCUT2D eigenvalue weighted by molar-refractivity contribution is 9.10. The van der Waals surface area contributed by atoms with Gasteiger partial charge in [-0.25, -0.2) is 8.78 Å². The van der Waals surface area contributed by atoms with Crippen molar-refractivity contribution in [1.82, 2.24) is 0 Å². The number of hydrogen-bond acceptors (Lipinski definition) is 2. The molecule has 1 aromatic carbocycles. The van der Waals surface area contributed by atoms with Gasteiger partial charge < -0.3 is 10.1 Å². The highest BCUT2D eigenvalue weighted by Crippen LogP contribution is 2.25. The first-order chi connectivity index (χ1) is 7.16. The molecule has 0 aliphatic carbocycles. The number of rotatable bonds is 2. The molecule has 15 heavy (non-hydrogen) atoms. The number of halogens is 3. The third kappa shape index (κ3) is 2.46. The molecule has 1 aliphatic heterocycles. The minimum absolute atomic E-state index is 0.00447. The van der Waals surface area contributed by atoms with Gasteiger partial charge in [0.05, 0.1) is 12.6 Å². The highest BCUT2D eigenvalue weighted by Gasteiger charge is 2.19. The molecule has 0 spiro atoms. The Morgan fingerprint density at radius 3 is 2.53 bits per heavy atom. The summed E-state index contributed by atoms with van der Waals surface area (Å²) in [6.45, 7) is 1.13. The zero-order chi connectivity index (χ0) is 10.8. The summed E-state index contributed by atoms with van der Waals surface area (Å²) in [4.78, 5) is 0. The van der Waals surface area contributed by atoms with Crippen LogP contribution < -0.4 is 5.32 Å². The summed E-state index contributed by atoms with van der Waals surface area (Å²) in [5.74, 6) is -1.18. The third-order valence-electron chi connectivity index (χ3n) is 2.29. The molecule has 1 unspecified atom stereocenters. The molecule has 1 heterocycles. The average molecular weight is 278 g/mol. The van der Waals surface area contributed by atoms with Gasteiger partial charge in [0.25, 0.3) is 0 Å². The molecule has 0 radical (unpaired) electrons. The van der Waals surface area contributed by atoms with E-state index in [1.165, 1.54) is 12.1 Å². The molecule has 0 aromatic heterocycles. The van der Waals surface area contributed by atoms with E-state index in [1.807, 2.05) is 0 Å². The van der Waals surface area contributed by atoms with Crippen LogP contribution in [0.25, 0.3) is 0 Å². The van der Waals surface area contributed by atoms with Crippen LogP contribution in [-0.4, -0.2) is 19.3 Å². The van der Waals surface area contributed by atoms with Crippen LogP contribution in [0.15, 0.2) is 16.6 Å². The molecular formula is C10H10BrF2NO. The van der Waals surface area contributed by atoms with Gasteiger partial charge in [0.2, 0.25) is 0 Å². The zero-order valence-corrected chi connectivity index (χ0v) is 9.48. The van der Waals surface area contributed by atoms with Gasteiger partial charge in [0.1, 0.15) is 17.3 Å². The van der Waals surface area contributed by atoms with Crippen molar-refractivity contribution in [2.75, 3.05) is 18.5 Å². The Morgan fingerprint density at radius 2 is 2.00 bits per heavy atom. The normalized spacial score (nSPS) is 20.6. The largest absolute Gasteiger partial charge is 0.379 e. The summed E-state index contributed by atoms with van der Waals surface area (Å²) in [6, 6.07) is 2.47. The Labute approximate surface area is 94.7 Å². The molecule has 0 saturated carbocycles. The van der Waals surface area contributed by atoms with Gasteiger partial charge in [-0.3, -0.25) is 0 Å². The van der Waals surface area contributed by atoms with Gasteiger partial charge in [-0.05, 0) is 18.6 Å². The predicted octanol–water partition coefficient (Wildman–Crippen LogP) is 2.93. The maximum absolute atomic E-state index is 13.4. The van der Waals surface area contributed by atoms with Crippen LogP contribution in [0.4, 0.5) is 14.5 Å². The lowest BCUT2D eigenvalue weighted by atomic mass is 10.2. The summed E-state index contributed by atoms with van der Waals surface area (Å²) in [5.41, 5.74) is -0.0753. The molecule has 1 atom stereocenters. The molecule has 0 bridgehead atoms. The Morgan fingerprint density at radius 1 is 1.33 bits per heavy atom. The lowest BCUT2D eigenvalue weighted by molar-refractivity contribution is 0.195. The van der Waals surface area contributed by atoms with Gasteiger partial charge in [0, 0.05) is 11.1 Å². The molecule has 1 N–H and O–H groups in total. The summed E-state index contributed by atoms with van der Waals surface area (Å²) in [5, 5.41) is 2.81. The third-order valence-corrected chi connectivity index (χ3v) is 2.74. The lowest BCUT2D eigenvalue weighted by Crippen LogP contribution is -2.20. The number of nitrogens with one attached hydrogen (secondary N) is 1. The van der Waals surface area contributed by atoms with Gasteiger partial charge in [-0.2, -0.15) is 0 Å². The monoisotopic (exact) mass is 277 g/mol. The maximum atomic E-state index is 13.4. The van der Waals surface area contributed by atoms with Crippen LogP contribution in [0.2, 0.25) is 0 Å². The van der Waals surface area contributed by atoms with Crippen molar-refractivity contribution in [3.8, 4) is 0 Å². The Kier molecular flexibility index (Phi) is 3.21. The van der Waals surface area contributed by atoms with Crippen molar-refractivity contribution < 1.29 is 13.5 Å². The van der Waals surface area contributed by atoms with Crippen molar-refractivity contribution in [3.63, 3.8) is 0 Å². The molecule has 5 heteroatoms. The van der Waals surface area contributed by atoms with Crippen molar-refractivity contribution >= 4 is 21.6 Å². The minimum atomic E-state index is -0.589. The fourth-order valence-corrected chi connectivity index (χ4v) is 1.93. The van der Waals surface area contributed by atoms with E-state index in [2.05, 4.69) is 21.2 Å². The van der Waals surface area contributed by atoms with Crippen LogP contribution >= 0.6 is 15.9 Å². The maximum Gasteiger partial charge on any atom is 0.150 e. The van der Waals surface area contributed by atoms with Gasteiger partial charge in [-0.1, -0.05) is 15.9 Å². The number of benzene rings is 1. The van der Waals surface area contributed by atoms with E-state index in [-0.39, 0.29) is 11.7 Å². The molecule has 2 nitrogen and oxygen atoms in total. The SMILES string of the molecule is Fc1cc(Br)cc(F)c1NC1CCOC1. The lowest BCUT2D eigenvalue weighted by Gasteiger charge is -2.13. The smallest absolute Gasteiger partial charge is 0.150 e. The van der Waals surface area contributed by atoms with Crippen LogP contribution in [0.5, 0.6) is 0 Å². The van der Waals surface area contributed by atoms with E-state index in [0.717, 1.165) is 6.42 Å². The van der Waals surface area contributed by atoms with E-state index in [1.54, 1.807) is 0 Å². The van der Waals surface area contributed by atoms with Gasteiger partial charge >= 0.3 is 0 Å². The summed E-state index contributed by atoms with van der Waals surface area (Å²) >= 11 is 3.03. The predicted molar refractivity (Wildman–Crippen MR) is 56.9 cm³/mol. The van der Waals surface area contributed by atoms with Crippen molar-refractivity contribution in [2.45, 2.75) is 12.5 Å². The number of hydrogen-bond donors (Lipinski definition) is 1. The molecule has 82 valence electrons. The fraction of sp³-hybridized carbons (Fsp3) is 0.400. The van der Waals surface area contributed by atoms with Gasteiger partial charge in [0.15, 0.2) is 0 Å². The van der Waals surface area contributed by atoms with Crippen LogP contribution in [0.1, 0.15) is 6.42 Å². The van der Waals surface area contributed by atoms with Crippen LogP contribution in [0.3, 0.4) is 0 Å². The second-order valence-corrected chi connectivity index (χ2v) is 4.36. The molecule has 1 aliphatic rings. The topological polar surface area (TPSA) is 21.3 Å². The average Bonchev–Trinajstić information content (AvgIpc) is 2.63. The summed E-state index contributed by atoms with van der Waals surface area (Å²) < 4.78 is 32.3. The first-order valence-electron chi connectivity index (χ1n) is 4.65. The first kappa shape index (κ1) is 10.8. The van der Waals surface area contributed by atoms with E-state index in [0.29, 0.717) is 17.7 Å². The second-order valence-electron chi connectivity index (χ2n) is 3.45. The summed E-state index contributed by atoms with van der Waals surface area (Å²) in [6.07, 6.45) is 0.773. The molecular weight excluding hydrogens is 268 g/mol. The van der Waals surface area contributed by atoms with E-state index >= 15 is 0 Å². The van der Waals surface area contributed by atoms with E-state index in [4.69, 9.17) is 4.74 Å². The van der Waals surface area contributed by atoms with E-state index < -0.39 is 11.6 Å². The van der Waals surface area contributed by atoms with Crippen molar-refractivity contribution in [2.24, 2.45) is 0 Å². The number of anilines is 1. The van der Waals surface area contributed by atoms with Crippen LogP contribution in [-0.2, 0) is 4.74 Å². The Balaban J connectivity index is 2.19. The minimum Gasteiger partial charge on any atom is -0.379 e. The summed E-state index contributed by atoms with van der Waals surface area (Å²) in [7, 11) is 0. The Bertz CT molecular complexity index is 343. The fourth-order valence-electron chi connectivity index (χ4n) is 1.53. The number of ether oxygens (including phenoxy) is 1. The first-order valence-corrected chi connectivity index (χ1v) is 5.45. The standard InChI is InChI=1S/C10H10BrF2NO/c11-6-3-8(12)10(9(13)4-6)14-7-1-2-15-5-7/h3-4,7,14H,1-2,5H2. The second kappa shape index (κ2) is 4.45. The van der Waals surface area contributed by atoms with Crippen molar-refractivity contribution in [3.05, 3.63) is 28.2 Å². The molecule has 1 fully saturated rings. The van der Waals surface area contributed by atoms with Crippen molar-refractivity contribution in [1.29, 1.82) is 0 Å². The zero-order valence-electron chi connectivity index (χ0n) is 7.90. The molecule has 1 aromatic rings. The van der Waals surface area contributed by atoms with Crippen LogP contribution in [0, 0.1) is 11.6 Å².